The molecule has 2 rings (SSSR count). The van der Waals surface area contributed by atoms with Gasteiger partial charge in [0, 0.05) is 0 Å². The van der Waals surface area contributed by atoms with Crippen molar-refractivity contribution in [3.8, 4) is 5.75 Å². The van der Waals surface area contributed by atoms with Crippen LogP contribution < -0.4 is 4.74 Å². The minimum atomic E-state index is -4.42. The molecule has 0 N–H and O–H groups in total. The van der Waals surface area contributed by atoms with E-state index in [0.717, 1.165) is 17.7 Å². The first kappa shape index (κ1) is 20.6. The summed E-state index contributed by atoms with van der Waals surface area (Å²) in [5.41, 5.74) is 0.266. The Balaban J connectivity index is 1.99. The highest BCUT2D eigenvalue weighted by Gasteiger charge is 2.30. The Hall–Kier alpha value is -2.76. The van der Waals surface area contributed by atoms with Gasteiger partial charge in [0.1, 0.15) is 5.75 Å². The van der Waals surface area contributed by atoms with Gasteiger partial charge in [-0.25, -0.2) is 4.79 Å². The molecule has 0 heterocycles. The summed E-state index contributed by atoms with van der Waals surface area (Å²) in [6, 6.07) is 13.9. The maximum Gasteiger partial charge on any atom is 0.416 e. The molecule has 2 aromatic carbocycles. The molecule has 27 heavy (non-hydrogen) atoms. The van der Waals surface area contributed by atoms with Crippen molar-refractivity contribution >= 4 is 12.0 Å². The second kappa shape index (κ2) is 9.80. The highest BCUT2D eigenvalue weighted by atomic mass is 19.4. The minimum absolute atomic E-state index is 0.188. The number of hydrogen-bond donors (Lipinski definition) is 0. The average Bonchev–Trinajstić information content (AvgIpc) is 2.65. The Morgan fingerprint density at radius 1 is 1.07 bits per heavy atom. The van der Waals surface area contributed by atoms with Gasteiger partial charge in [-0.15, -0.1) is 0 Å². The number of ether oxygens (including phenoxy) is 2. The van der Waals surface area contributed by atoms with E-state index in [4.69, 9.17) is 9.47 Å². The number of benzene rings is 2. The van der Waals surface area contributed by atoms with Crippen LogP contribution in [0, 0.1) is 0 Å². The van der Waals surface area contributed by atoms with Crippen LogP contribution in [0.15, 0.2) is 60.7 Å². The average molecular weight is 378 g/mol. The zero-order valence-corrected chi connectivity index (χ0v) is 14.9. The summed E-state index contributed by atoms with van der Waals surface area (Å²) in [6.45, 7) is 1.88. The van der Waals surface area contributed by atoms with Crippen LogP contribution in [-0.4, -0.2) is 18.7 Å². The smallest absolute Gasteiger partial charge is 0.416 e. The molecule has 0 saturated heterocycles. The van der Waals surface area contributed by atoms with Gasteiger partial charge in [0.25, 0.3) is 0 Å². The number of carbonyl (C=O) groups is 1. The molecule has 0 radical (unpaired) electrons. The summed E-state index contributed by atoms with van der Waals surface area (Å²) in [5, 5.41) is 0. The highest BCUT2D eigenvalue weighted by molar-refractivity contribution is 5.75. The van der Waals surface area contributed by atoms with E-state index in [0.29, 0.717) is 12.8 Å². The van der Waals surface area contributed by atoms with Crippen LogP contribution in [0.25, 0.3) is 6.08 Å². The molecule has 0 amide bonds. The molecule has 0 aliphatic rings. The first-order valence-corrected chi connectivity index (χ1v) is 8.62. The number of allylic oxidation sites excluding steroid dienone is 1. The fraction of sp³-hybridized carbons (Fsp3) is 0.286. The van der Waals surface area contributed by atoms with Gasteiger partial charge in [-0.3, -0.25) is 0 Å². The molecule has 0 saturated carbocycles. The lowest BCUT2D eigenvalue weighted by molar-refractivity contribution is -0.151. The Kier molecular flexibility index (Phi) is 7.46. The Morgan fingerprint density at radius 2 is 1.74 bits per heavy atom. The van der Waals surface area contributed by atoms with Crippen LogP contribution in [0.5, 0.6) is 5.75 Å². The van der Waals surface area contributed by atoms with Gasteiger partial charge in [-0.05, 0) is 49.6 Å². The predicted octanol–water partition coefficient (Wildman–Crippen LogP) is 5.51. The van der Waals surface area contributed by atoms with Gasteiger partial charge in [0.15, 0.2) is 6.10 Å². The van der Waals surface area contributed by atoms with Crippen molar-refractivity contribution in [2.24, 2.45) is 0 Å². The number of hydrogen-bond acceptors (Lipinski definition) is 3. The zero-order chi connectivity index (χ0) is 19.7. The Labute approximate surface area is 156 Å². The predicted molar refractivity (Wildman–Crippen MR) is 97.2 cm³/mol. The van der Waals surface area contributed by atoms with Gasteiger partial charge < -0.3 is 9.47 Å². The summed E-state index contributed by atoms with van der Waals surface area (Å²) >= 11 is 0. The summed E-state index contributed by atoms with van der Waals surface area (Å²) in [4.78, 5) is 12.1. The molecular formula is C21H21F3O3. The number of alkyl halides is 3. The van der Waals surface area contributed by atoms with Crippen LogP contribution in [0.3, 0.4) is 0 Å². The maximum atomic E-state index is 12.6. The molecule has 0 fully saturated rings. The van der Waals surface area contributed by atoms with Crippen molar-refractivity contribution in [3.63, 3.8) is 0 Å². The number of carbonyl (C=O) groups excluding carboxylic acids is 1. The molecule has 6 heteroatoms. The SMILES string of the molecule is CCOC(=O)C(CC/C=C/c1ccccc1)Oc1ccc(C(F)(F)F)cc1. The van der Waals surface area contributed by atoms with Crippen molar-refractivity contribution in [2.75, 3.05) is 6.61 Å². The van der Waals surface area contributed by atoms with E-state index < -0.39 is 23.8 Å². The summed E-state index contributed by atoms with van der Waals surface area (Å²) in [7, 11) is 0. The third-order valence-corrected chi connectivity index (χ3v) is 3.71. The first-order chi connectivity index (χ1) is 12.9. The van der Waals surface area contributed by atoms with Gasteiger partial charge in [0.2, 0.25) is 0 Å². The second-order valence-corrected chi connectivity index (χ2v) is 5.77. The lowest BCUT2D eigenvalue weighted by Gasteiger charge is -2.17. The van der Waals surface area contributed by atoms with E-state index >= 15 is 0 Å². The third-order valence-electron chi connectivity index (χ3n) is 3.71. The van der Waals surface area contributed by atoms with Crippen LogP contribution in [0.1, 0.15) is 30.9 Å². The molecule has 0 aromatic heterocycles. The van der Waals surface area contributed by atoms with Crippen LogP contribution >= 0.6 is 0 Å². The number of halogens is 3. The zero-order valence-electron chi connectivity index (χ0n) is 14.9. The van der Waals surface area contributed by atoms with E-state index in [1.165, 1.54) is 12.1 Å². The van der Waals surface area contributed by atoms with Crippen LogP contribution in [-0.2, 0) is 15.7 Å². The Bertz CT molecular complexity index is 738. The van der Waals surface area contributed by atoms with Crippen molar-refractivity contribution in [1.29, 1.82) is 0 Å². The standard InChI is InChI=1S/C21H21F3O3/c1-2-26-20(25)19(11-7-6-10-16-8-4-3-5-9-16)27-18-14-12-17(13-15-18)21(22,23)24/h3-6,8-10,12-15,19H,2,7,11H2,1H3/b10-6+. The van der Waals surface area contributed by atoms with Crippen LogP contribution in [0.4, 0.5) is 13.2 Å². The van der Waals surface area contributed by atoms with E-state index in [1.54, 1.807) is 6.92 Å². The molecule has 0 aliphatic heterocycles. The fourth-order valence-corrected chi connectivity index (χ4v) is 2.38. The molecule has 0 bridgehead atoms. The third kappa shape index (κ3) is 6.81. The molecule has 0 spiro atoms. The molecule has 2 aromatic rings. The topological polar surface area (TPSA) is 35.5 Å². The van der Waals surface area contributed by atoms with Crippen molar-refractivity contribution < 1.29 is 27.4 Å². The summed E-state index contributed by atoms with van der Waals surface area (Å²) in [6.07, 6.45) is -0.552. The molecule has 0 aliphatic carbocycles. The minimum Gasteiger partial charge on any atom is -0.479 e. The van der Waals surface area contributed by atoms with Gasteiger partial charge in [-0.1, -0.05) is 42.5 Å². The molecule has 1 unspecified atom stereocenters. The number of esters is 1. The molecule has 144 valence electrons. The monoisotopic (exact) mass is 378 g/mol. The molecular weight excluding hydrogens is 357 g/mol. The van der Waals surface area contributed by atoms with Crippen molar-refractivity contribution in [2.45, 2.75) is 32.0 Å². The van der Waals surface area contributed by atoms with Crippen molar-refractivity contribution in [1.82, 2.24) is 0 Å². The van der Waals surface area contributed by atoms with Crippen LogP contribution in [0.2, 0.25) is 0 Å². The summed E-state index contributed by atoms with van der Waals surface area (Å²) in [5.74, 6) is -0.349. The van der Waals surface area contributed by atoms with Gasteiger partial charge in [0.05, 0.1) is 12.2 Å². The highest BCUT2D eigenvalue weighted by Crippen LogP contribution is 2.30. The lowest BCUT2D eigenvalue weighted by atomic mass is 10.1. The van der Waals surface area contributed by atoms with E-state index in [-0.39, 0.29) is 12.4 Å². The molecule has 1 atom stereocenters. The van der Waals surface area contributed by atoms with Gasteiger partial charge in [-0.2, -0.15) is 13.2 Å². The van der Waals surface area contributed by atoms with E-state index in [1.807, 2.05) is 42.5 Å². The van der Waals surface area contributed by atoms with E-state index in [2.05, 4.69) is 0 Å². The van der Waals surface area contributed by atoms with E-state index in [9.17, 15) is 18.0 Å². The fourth-order valence-electron chi connectivity index (χ4n) is 2.38. The van der Waals surface area contributed by atoms with Crippen molar-refractivity contribution in [3.05, 3.63) is 71.8 Å². The quantitative estimate of drug-likeness (QED) is 0.568. The Morgan fingerprint density at radius 3 is 2.33 bits per heavy atom. The maximum absolute atomic E-state index is 12.6. The lowest BCUT2D eigenvalue weighted by Crippen LogP contribution is -2.29. The summed E-state index contributed by atoms with van der Waals surface area (Å²) < 4.78 is 48.5. The largest absolute Gasteiger partial charge is 0.479 e. The normalized spacial score (nSPS) is 12.7. The second-order valence-electron chi connectivity index (χ2n) is 5.77. The first-order valence-electron chi connectivity index (χ1n) is 8.62. The number of rotatable bonds is 8. The van der Waals surface area contributed by atoms with Gasteiger partial charge >= 0.3 is 12.1 Å². The molecule has 3 nitrogen and oxygen atoms in total.